The van der Waals surface area contributed by atoms with Crippen LogP contribution in [0.2, 0.25) is 0 Å². The van der Waals surface area contributed by atoms with E-state index < -0.39 is 11.7 Å². The van der Waals surface area contributed by atoms with Crippen molar-refractivity contribution in [2.24, 2.45) is 5.10 Å². The highest BCUT2D eigenvalue weighted by molar-refractivity contribution is 7.99. The Morgan fingerprint density at radius 1 is 1.00 bits per heavy atom. The van der Waals surface area contributed by atoms with Crippen LogP contribution in [0.1, 0.15) is 11.4 Å². The molecule has 1 atom stereocenters. The fourth-order valence-electron chi connectivity index (χ4n) is 3.55. The number of aromatic nitrogens is 3. The van der Waals surface area contributed by atoms with Crippen LogP contribution in [0.4, 0.5) is 0 Å². The molecule has 0 aliphatic heterocycles. The molecule has 0 saturated heterocycles. The van der Waals surface area contributed by atoms with Gasteiger partial charge >= 0.3 is 5.63 Å². The van der Waals surface area contributed by atoms with Crippen molar-refractivity contribution in [1.29, 1.82) is 0 Å². The van der Waals surface area contributed by atoms with Crippen LogP contribution in [-0.4, -0.2) is 49.8 Å². The largest absolute Gasteiger partial charge is 0.508 e. The van der Waals surface area contributed by atoms with Crippen molar-refractivity contribution in [1.82, 2.24) is 14.9 Å². The molecule has 0 bridgehead atoms. The molecule has 0 spiro atoms. The molecule has 0 aliphatic rings. The summed E-state index contributed by atoms with van der Waals surface area (Å²) in [5.74, 6) is 1.87. The molecule has 11 heteroatoms. The van der Waals surface area contributed by atoms with Crippen molar-refractivity contribution in [3.63, 3.8) is 0 Å². The Hall–Kier alpha value is -4.61. The molecule has 0 amide bonds. The molecular weight excluding hydrogens is 520 g/mol. The van der Waals surface area contributed by atoms with Gasteiger partial charge in [-0.1, -0.05) is 42.1 Å². The van der Waals surface area contributed by atoms with Crippen LogP contribution < -0.4 is 15.1 Å². The number of ether oxygens (including phenoxy) is 2. The van der Waals surface area contributed by atoms with Crippen molar-refractivity contribution >= 4 is 28.9 Å². The summed E-state index contributed by atoms with van der Waals surface area (Å²) >= 11 is 1.25. The van der Waals surface area contributed by atoms with Gasteiger partial charge in [-0.25, -0.2) is 4.79 Å². The monoisotopic (exact) mass is 544 g/mol. The normalized spacial score (nSPS) is 12.1. The van der Waals surface area contributed by atoms with Crippen molar-refractivity contribution < 1.29 is 24.1 Å². The van der Waals surface area contributed by atoms with Gasteiger partial charge in [-0.2, -0.15) is 9.78 Å². The molecule has 10 nitrogen and oxygen atoms in total. The number of phenols is 1. The fraction of sp³-hybridized carbons (Fsp3) is 0.143. The summed E-state index contributed by atoms with van der Waals surface area (Å²) < 4.78 is 18.3. The molecular formula is C28H24N4O6S. The molecule has 2 aromatic heterocycles. The minimum absolute atomic E-state index is 0.0463. The fourth-order valence-corrected chi connectivity index (χ4v) is 4.36. The van der Waals surface area contributed by atoms with Crippen molar-refractivity contribution in [3.05, 3.63) is 107 Å². The number of thioether (sulfide) groups is 1. The number of hydrogen-bond donors (Lipinski definition) is 2. The number of hydrogen-bond acceptors (Lipinski definition) is 10. The van der Waals surface area contributed by atoms with E-state index in [-0.39, 0.29) is 24.7 Å². The molecule has 0 saturated carbocycles. The van der Waals surface area contributed by atoms with E-state index in [4.69, 9.17) is 13.9 Å². The average Bonchev–Trinajstić information content (AvgIpc) is 3.35. The second-order valence-corrected chi connectivity index (χ2v) is 9.34. The lowest BCUT2D eigenvalue weighted by atomic mass is 10.2. The van der Waals surface area contributed by atoms with Crippen molar-refractivity contribution in [2.45, 2.75) is 17.9 Å². The van der Waals surface area contributed by atoms with Crippen LogP contribution in [0.5, 0.6) is 17.2 Å². The number of rotatable bonds is 11. The Labute approximate surface area is 227 Å². The molecule has 0 fully saturated rings. The van der Waals surface area contributed by atoms with E-state index in [1.54, 1.807) is 53.4 Å². The Morgan fingerprint density at radius 2 is 1.77 bits per heavy atom. The molecule has 0 radical (unpaired) electrons. The molecule has 2 heterocycles. The lowest BCUT2D eigenvalue weighted by molar-refractivity contribution is 0.127. The highest BCUT2D eigenvalue weighted by Crippen LogP contribution is 2.24. The Morgan fingerprint density at radius 3 is 2.59 bits per heavy atom. The second-order valence-electron chi connectivity index (χ2n) is 8.35. The Bertz CT molecular complexity index is 1620. The molecule has 198 valence electrons. The van der Waals surface area contributed by atoms with E-state index in [0.29, 0.717) is 33.4 Å². The first-order chi connectivity index (χ1) is 19.0. The van der Waals surface area contributed by atoms with Gasteiger partial charge in [0, 0.05) is 5.75 Å². The third kappa shape index (κ3) is 6.83. The summed E-state index contributed by atoms with van der Waals surface area (Å²) in [4.78, 5) is 11.9. The maximum absolute atomic E-state index is 11.9. The number of fused-ring (bicyclic) bond motifs is 1. The van der Waals surface area contributed by atoms with Gasteiger partial charge in [0.05, 0.1) is 23.8 Å². The SMILES string of the molecule is O=c1cc(OCC(O)CSc2nnc(COc3ccccc3)n2/N=C/c2ccc(O)cc2)c2ccccc2o1. The Balaban J connectivity index is 1.28. The summed E-state index contributed by atoms with van der Waals surface area (Å²) in [6.07, 6.45) is 0.737. The van der Waals surface area contributed by atoms with Crippen molar-refractivity contribution in [2.75, 3.05) is 12.4 Å². The quantitative estimate of drug-likeness (QED) is 0.143. The minimum Gasteiger partial charge on any atom is -0.508 e. The van der Waals surface area contributed by atoms with Gasteiger partial charge in [0.1, 0.15) is 36.0 Å². The highest BCUT2D eigenvalue weighted by atomic mass is 32.2. The first-order valence-electron chi connectivity index (χ1n) is 12.0. The molecule has 2 N–H and O–H groups in total. The van der Waals surface area contributed by atoms with E-state index in [9.17, 15) is 15.0 Å². The first kappa shape index (κ1) is 26.0. The van der Waals surface area contributed by atoms with Gasteiger partial charge in [-0.05, 0) is 54.1 Å². The summed E-state index contributed by atoms with van der Waals surface area (Å²) in [5, 5.41) is 34.2. The van der Waals surface area contributed by atoms with E-state index in [1.807, 2.05) is 36.4 Å². The second kappa shape index (κ2) is 12.3. The first-order valence-corrected chi connectivity index (χ1v) is 13.0. The van der Waals surface area contributed by atoms with Crippen LogP contribution in [0.25, 0.3) is 11.0 Å². The van der Waals surface area contributed by atoms with Gasteiger partial charge < -0.3 is 24.1 Å². The molecule has 5 rings (SSSR count). The zero-order chi connectivity index (χ0) is 27.0. The smallest absolute Gasteiger partial charge is 0.339 e. The Kier molecular flexibility index (Phi) is 8.20. The maximum atomic E-state index is 11.9. The summed E-state index contributed by atoms with van der Waals surface area (Å²) in [5.41, 5.74) is 0.645. The highest BCUT2D eigenvalue weighted by Gasteiger charge is 2.16. The summed E-state index contributed by atoms with van der Waals surface area (Å²) in [6.45, 7) is 0.0785. The topological polar surface area (TPSA) is 132 Å². The number of para-hydroxylation sites is 2. The zero-order valence-electron chi connectivity index (χ0n) is 20.6. The van der Waals surface area contributed by atoms with Crippen LogP contribution in [0.15, 0.2) is 104 Å². The van der Waals surface area contributed by atoms with E-state index in [0.717, 1.165) is 5.56 Å². The van der Waals surface area contributed by atoms with E-state index in [2.05, 4.69) is 15.3 Å². The number of aliphatic hydroxyl groups is 1. The molecule has 1 unspecified atom stereocenters. The minimum atomic E-state index is -0.878. The molecule has 3 aromatic carbocycles. The molecule has 39 heavy (non-hydrogen) atoms. The number of phenolic OH excluding ortho intramolecular Hbond substituents is 1. The van der Waals surface area contributed by atoms with E-state index >= 15 is 0 Å². The van der Waals surface area contributed by atoms with Gasteiger partial charge in [-0.15, -0.1) is 10.2 Å². The van der Waals surface area contributed by atoms with Gasteiger partial charge in [-0.3, -0.25) is 0 Å². The average molecular weight is 545 g/mol. The van der Waals surface area contributed by atoms with E-state index in [1.165, 1.54) is 17.8 Å². The van der Waals surface area contributed by atoms with Crippen LogP contribution in [0.3, 0.4) is 0 Å². The number of nitrogens with zero attached hydrogens (tertiary/aromatic N) is 4. The van der Waals surface area contributed by atoms with Gasteiger partial charge in [0.15, 0.2) is 5.82 Å². The third-order valence-corrected chi connectivity index (χ3v) is 6.52. The lowest BCUT2D eigenvalue weighted by Gasteiger charge is -2.13. The van der Waals surface area contributed by atoms with Gasteiger partial charge in [0.2, 0.25) is 5.16 Å². The van der Waals surface area contributed by atoms with Gasteiger partial charge in [0.25, 0.3) is 0 Å². The predicted octanol–water partition coefficient (Wildman–Crippen LogP) is 4.08. The number of aliphatic hydroxyl groups excluding tert-OH is 1. The standard InChI is InChI=1S/C28H24N4O6S/c33-20-12-10-19(11-13-20)15-29-32-26(17-36-22-6-2-1-3-7-22)30-31-28(32)39-18-21(34)16-37-25-14-27(35)38-24-9-5-4-8-23(24)25/h1-15,21,33-34H,16-18H2/b29-15+. The predicted molar refractivity (Wildman–Crippen MR) is 147 cm³/mol. The summed E-state index contributed by atoms with van der Waals surface area (Å²) in [6, 6.07) is 24.2. The molecule has 5 aromatic rings. The lowest BCUT2D eigenvalue weighted by Crippen LogP contribution is -2.21. The third-order valence-electron chi connectivity index (χ3n) is 5.45. The summed E-state index contributed by atoms with van der Waals surface area (Å²) in [7, 11) is 0. The molecule has 0 aliphatic carbocycles. The zero-order valence-corrected chi connectivity index (χ0v) is 21.4. The maximum Gasteiger partial charge on any atom is 0.339 e. The number of aromatic hydroxyl groups is 1. The van der Waals surface area contributed by atoms with Crippen LogP contribution in [0, 0.1) is 0 Å². The number of benzene rings is 3. The van der Waals surface area contributed by atoms with Crippen molar-refractivity contribution in [3.8, 4) is 17.2 Å². The van der Waals surface area contributed by atoms with Crippen LogP contribution >= 0.6 is 11.8 Å². The van der Waals surface area contributed by atoms with Crippen LogP contribution in [-0.2, 0) is 6.61 Å².